The van der Waals surface area contributed by atoms with Crippen molar-refractivity contribution in [3.63, 3.8) is 0 Å². The monoisotopic (exact) mass is 452 g/mol. The fraction of sp³-hybridized carbons (Fsp3) is 0.333. The van der Waals surface area contributed by atoms with Gasteiger partial charge in [0.05, 0.1) is 30.4 Å². The van der Waals surface area contributed by atoms with Gasteiger partial charge in [-0.05, 0) is 53.6 Å². The summed E-state index contributed by atoms with van der Waals surface area (Å²) in [4.78, 5) is 21.3. The number of para-hydroxylation sites is 2. The predicted molar refractivity (Wildman–Crippen MR) is 138 cm³/mol. The summed E-state index contributed by atoms with van der Waals surface area (Å²) in [6.07, 6.45) is 2.30. The molecule has 3 aromatic rings. The fourth-order valence-electron chi connectivity index (χ4n) is 5.51. The Morgan fingerprint density at radius 2 is 1.65 bits per heavy atom. The average molecular weight is 453 g/mol. The molecule has 2 aliphatic rings. The molecule has 34 heavy (non-hydrogen) atoms. The summed E-state index contributed by atoms with van der Waals surface area (Å²) in [6.45, 7) is 5.15. The molecular formula is C30H32N2O2. The van der Waals surface area contributed by atoms with Crippen molar-refractivity contribution in [1.29, 1.82) is 0 Å². The molecule has 0 spiro atoms. The van der Waals surface area contributed by atoms with Crippen molar-refractivity contribution < 1.29 is 9.53 Å². The van der Waals surface area contributed by atoms with Gasteiger partial charge in [0.25, 0.3) is 0 Å². The molecule has 5 rings (SSSR count). The lowest BCUT2D eigenvalue weighted by molar-refractivity contribution is -0.124. The van der Waals surface area contributed by atoms with Gasteiger partial charge in [-0.1, -0.05) is 68.4 Å². The van der Waals surface area contributed by atoms with E-state index in [0.717, 1.165) is 47.8 Å². The van der Waals surface area contributed by atoms with Crippen LogP contribution in [-0.2, 0) is 11.2 Å². The van der Waals surface area contributed by atoms with Gasteiger partial charge >= 0.3 is 0 Å². The van der Waals surface area contributed by atoms with E-state index < -0.39 is 0 Å². The Balaban J connectivity index is 1.64. The maximum absolute atomic E-state index is 13.7. The number of fused-ring (bicyclic) bond motifs is 2. The number of methoxy groups -OCH3 is 1. The second kappa shape index (κ2) is 9.09. The Morgan fingerprint density at radius 3 is 2.38 bits per heavy atom. The first-order chi connectivity index (χ1) is 16.4. The molecule has 1 fully saturated rings. The molecule has 1 aliphatic carbocycles. The van der Waals surface area contributed by atoms with E-state index in [1.54, 1.807) is 7.11 Å². The molecule has 0 saturated heterocycles. The molecular weight excluding hydrogens is 420 g/mol. The van der Waals surface area contributed by atoms with E-state index in [1.165, 1.54) is 5.56 Å². The number of anilines is 1. The van der Waals surface area contributed by atoms with Crippen molar-refractivity contribution in [2.75, 3.05) is 18.6 Å². The van der Waals surface area contributed by atoms with Crippen molar-refractivity contribution in [3.8, 4) is 5.75 Å². The second-order valence-corrected chi connectivity index (χ2v) is 10.2. The first-order valence-corrected chi connectivity index (χ1v) is 12.1. The van der Waals surface area contributed by atoms with E-state index in [2.05, 4.69) is 73.3 Å². The number of ketones is 1. The molecule has 4 heteroatoms. The summed E-state index contributed by atoms with van der Waals surface area (Å²) in [6, 6.07) is 27.0. The minimum atomic E-state index is -0.260. The summed E-state index contributed by atoms with van der Waals surface area (Å²) in [5, 5.41) is 0. The third kappa shape index (κ3) is 4.37. The summed E-state index contributed by atoms with van der Waals surface area (Å²) >= 11 is 0. The average Bonchev–Trinajstić information content (AvgIpc) is 2.97. The highest BCUT2D eigenvalue weighted by Crippen LogP contribution is 2.48. The van der Waals surface area contributed by atoms with Crippen LogP contribution < -0.4 is 9.64 Å². The van der Waals surface area contributed by atoms with E-state index in [1.807, 2.05) is 24.3 Å². The Kier molecular flexibility index (Phi) is 5.99. The quantitative estimate of drug-likeness (QED) is 0.439. The maximum atomic E-state index is 13.7. The van der Waals surface area contributed by atoms with Crippen LogP contribution in [0.25, 0.3) is 0 Å². The third-order valence-corrected chi connectivity index (χ3v) is 7.07. The highest BCUT2D eigenvalue weighted by atomic mass is 16.5. The van der Waals surface area contributed by atoms with Crippen LogP contribution in [0.2, 0.25) is 0 Å². The van der Waals surface area contributed by atoms with E-state index in [0.29, 0.717) is 6.42 Å². The van der Waals surface area contributed by atoms with Gasteiger partial charge in [0, 0.05) is 18.7 Å². The van der Waals surface area contributed by atoms with Crippen molar-refractivity contribution >= 4 is 22.9 Å². The van der Waals surface area contributed by atoms with Crippen LogP contribution in [-0.4, -0.2) is 25.1 Å². The van der Waals surface area contributed by atoms with Gasteiger partial charge in [-0.15, -0.1) is 0 Å². The lowest BCUT2D eigenvalue weighted by Gasteiger charge is -2.42. The van der Waals surface area contributed by atoms with E-state index >= 15 is 0 Å². The maximum Gasteiger partial charge on any atom is 0.144 e. The molecule has 1 saturated carbocycles. The number of benzene rings is 3. The Labute approximate surface area is 202 Å². The van der Waals surface area contributed by atoms with Gasteiger partial charge in [-0.25, -0.2) is 0 Å². The topological polar surface area (TPSA) is 41.9 Å². The Morgan fingerprint density at radius 1 is 0.941 bits per heavy atom. The van der Waals surface area contributed by atoms with Gasteiger partial charge in [-0.3, -0.25) is 9.79 Å². The summed E-state index contributed by atoms with van der Waals surface area (Å²) in [7, 11) is 1.68. The van der Waals surface area contributed by atoms with Crippen LogP contribution in [0.1, 0.15) is 43.9 Å². The molecule has 0 bridgehead atoms. The SMILES string of the molecule is COc1ccc([C@@H]2[C@H]3C(=O)CC(C)(C)CC3=Nc3ccccc3N2CCc2ccccc2)cc1. The number of aliphatic imine (C=N–C) groups is 1. The minimum absolute atomic E-state index is 0.0783. The molecule has 3 aromatic carbocycles. The largest absolute Gasteiger partial charge is 0.497 e. The van der Waals surface area contributed by atoms with Crippen LogP contribution in [0.5, 0.6) is 5.75 Å². The lowest BCUT2D eigenvalue weighted by Crippen LogP contribution is -2.46. The van der Waals surface area contributed by atoms with Gasteiger partial charge in [0.2, 0.25) is 0 Å². The van der Waals surface area contributed by atoms with Crippen molar-refractivity contribution in [3.05, 3.63) is 90.0 Å². The second-order valence-electron chi connectivity index (χ2n) is 10.2. The van der Waals surface area contributed by atoms with Crippen molar-refractivity contribution in [2.45, 2.75) is 39.2 Å². The fourth-order valence-corrected chi connectivity index (χ4v) is 5.51. The normalized spacial score (nSPS) is 21.2. The highest BCUT2D eigenvalue weighted by molar-refractivity contribution is 6.10. The number of nitrogens with zero attached hydrogens (tertiary/aromatic N) is 2. The third-order valence-electron chi connectivity index (χ3n) is 7.07. The van der Waals surface area contributed by atoms with E-state index in [-0.39, 0.29) is 23.2 Å². The zero-order chi connectivity index (χ0) is 23.7. The molecule has 0 unspecified atom stereocenters. The molecule has 0 amide bonds. The molecule has 1 heterocycles. The standard InChI is InChI=1S/C30H32N2O2/c1-30(2)19-25-28(27(33)20-30)29(22-13-15-23(34-3)16-14-22)32(18-17-21-9-5-4-6-10-21)26-12-8-7-11-24(26)31-25/h4-16,28-29H,17-20H2,1-3H3/t28-,29-/m1/s1. The van der Waals surface area contributed by atoms with E-state index in [4.69, 9.17) is 9.73 Å². The number of ether oxygens (including phenoxy) is 1. The first kappa shape index (κ1) is 22.4. The zero-order valence-corrected chi connectivity index (χ0v) is 20.2. The Bertz CT molecular complexity index is 1200. The lowest BCUT2D eigenvalue weighted by atomic mass is 9.68. The molecule has 0 radical (unpaired) electrons. The molecule has 1 aliphatic heterocycles. The molecule has 2 atom stereocenters. The van der Waals surface area contributed by atoms with Crippen LogP contribution in [0.15, 0.2) is 83.9 Å². The Hall–Kier alpha value is -3.40. The highest BCUT2D eigenvalue weighted by Gasteiger charge is 2.46. The number of hydrogen-bond donors (Lipinski definition) is 0. The van der Waals surface area contributed by atoms with Gasteiger partial charge in [0.15, 0.2) is 0 Å². The minimum Gasteiger partial charge on any atom is -0.497 e. The summed E-state index contributed by atoms with van der Waals surface area (Å²) < 4.78 is 5.42. The van der Waals surface area contributed by atoms with Crippen LogP contribution in [0.3, 0.4) is 0 Å². The van der Waals surface area contributed by atoms with Gasteiger partial charge in [0.1, 0.15) is 11.5 Å². The molecule has 0 N–H and O–H groups in total. The van der Waals surface area contributed by atoms with Crippen LogP contribution >= 0.6 is 0 Å². The van der Waals surface area contributed by atoms with Crippen molar-refractivity contribution in [1.82, 2.24) is 0 Å². The number of rotatable bonds is 5. The zero-order valence-electron chi connectivity index (χ0n) is 20.2. The number of carbonyl (C=O) groups is 1. The number of hydrogen-bond acceptors (Lipinski definition) is 4. The molecule has 174 valence electrons. The predicted octanol–water partition coefficient (Wildman–Crippen LogP) is 6.58. The molecule has 4 nitrogen and oxygen atoms in total. The van der Waals surface area contributed by atoms with E-state index in [9.17, 15) is 4.79 Å². The van der Waals surface area contributed by atoms with Crippen LogP contribution in [0, 0.1) is 11.3 Å². The smallest absolute Gasteiger partial charge is 0.144 e. The van der Waals surface area contributed by atoms with Crippen molar-refractivity contribution in [2.24, 2.45) is 16.3 Å². The molecule has 0 aromatic heterocycles. The summed E-state index contributed by atoms with van der Waals surface area (Å²) in [5.74, 6) is 0.844. The summed E-state index contributed by atoms with van der Waals surface area (Å²) in [5.41, 5.74) is 5.39. The first-order valence-electron chi connectivity index (χ1n) is 12.1. The van der Waals surface area contributed by atoms with Gasteiger partial charge < -0.3 is 9.64 Å². The number of Topliss-reactive ketones (excluding diaryl/α,β-unsaturated/α-hetero) is 1. The van der Waals surface area contributed by atoms with Crippen LogP contribution in [0.4, 0.5) is 11.4 Å². The number of carbonyl (C=O) groups excluding carboxylic acids is 1. The van der Waals surface area contributed by atoms with Gasteiger partial charge in [-0.2, -0.15) is 0 Å².